The van der Waals surface area contributed by atoms with Crippen molar-refractivity contribution in [3.05, 3.63) is 57.4 Å². The molecule has 2 aromatic heterocycles. The Morgan fingerprint density at radius 3 is 2.79 bits per heavy atom. The SMILES string of the molecule is CCNc1c2c(nc3ccccc13)-c1cc3c(c(=O)n1C2)COC(=O)C3(O)CC. The molecule has 1 unspecified atom stereocenters. The summed E-state index contributed by atoms with van der Waals surface area (Å²) in [6.07, 6.45) is 0.127. The van der Waals surface area contributed by atoms with Gasteiger partial charge in [-0.25, -0.2) is 9.78 Å². The number of hydrogen-bond acceptors (Lipinski definition) is 6. The molecule has 3 aromatic rings. The summed E-state index contributed by atoms with van der Waals surface area (Å²) in [6, 6.07) is 9.59. The Balaban J connectivity index is 1.83. The number of carbonyl (C=O) groups excluding carboxylic acids is 1. The summed E-state index contributed by atoms with van der Waals surface area (Å²) in [5, 5.41) is 15.4. The highest BCUT2D eigenvalue weighted by Gasteiger charge is 2.45. The number of benzene rings is 1. The van der Waals surface area contributed by atoms with Gasteiger partial charge in [0.2, 0.25) is 0 Å². The number of hydrogen-bond donors (Lipinski definition) is 2. The summed E-state index contributed by atoms with van der Waals surface area (Å²) in [6.45, 7) is 4.72. The molecule has 0 amide bonds. The van der Waals surface area contributed by atoms with Crippen molar-refractivity contribution in [1.82, 2.24) is 9.55 Å². The zero-order valence-electron chi connectivity index (χ0n) is 16.3. The van der Waals surface area contributed by atoms with Crippen LogP contribution in [0.15, 0.2) is 35.1 Å². The maximum atomic E-state index is 13.3. The zero-order valence-corrected chi connectivity index (χ0v) is 16.3. The van der Waals surface area contributed by atoms with Crippen LogP contribution in [0.2, 0.25) is 0 Å². The first-order valence-electron chi connectivity index (χ1n) is 9.82. The van der Waals surface area contributed by atoms with E-state index in [4.69, 9.17) is 9.72 Å². The molecular weight excluding hydrogens is 370 g/mol. The van der Waals surface area contributed by atoms with E-state index in [2.05, 4.69) is 5.32 Å². The summed E-state index contributed by atoms with van der Waals surface area (Å²) in [7, 11) is 0. The van der Waals surface area contributed by atoms with Crippen molar-refractivity contribution in [2.75, 3.05) is 11.9 Å². The molecule has 7 nitrogen and oxygen atoms in total. The number of para-hydroxylation sites is 1. The molecule has 2 N–H and O–H groups in total. The molecule has 1 atom stereocenters. The summed E-state index contributed by atoms with van der Waals surface area (Å²) >= 11 is 0. The van der Waals surface area contributed by atoms with E-state index in [1.807, 2.05) is 31.2 Å². The van der Waals surface area contributed by atoms with Crippen LogP contribution in [0.5, 0.6) is 0 Å². The quantitative estimate of drug-likeness (QED) is 0.521. The van der Waals surface area contributed by atoms with Gasteiger partial charge in [-0.3, -0.25) is 4.79 Å². The fourth-order valence-corrected chi connectivity index (χ4v) is 4.41. The van der Waals surface area contributed by atoms with E-state index in [1.54, 1.807) is 17.6 Å². The Bertz CT molecular complexity index is 1250. The maximum Gasteiger partial charge on any atom is 0.343 e. The third kappa shape index (κ3) is 2.31. The molecular formula is C22H21N3O4. The third-order valence-corrected chi connectivity index (χ3v) is 5.95. The van der Waals surface area contributed by atoms with Crippen molar-refractivity contribution >= 4 is 22.6 Å². The molecule has 2 aliphatic rings. The van der Waals surface area contributed by atoms with Crippen LogP contribution in [0.4, 0.5) is 5.69 Å². The molecule has 4 heterocycles. The molecule has 1 aromatic carbocycles. The summed E-state index contributed by atoms with van der Waals surface area (Å²) in [5.41, 5.74) is 2.66. The number of esters is 1. The predicted molar refractivity (Wildman–Crippen MR) is 109 cm³/mol. The number of rotatable bonds is 3. The molecule has 2 aliphatic heterocycles. The molecule has 0 bridgehead atoms. The molecule has 0 spiro atoms. The standard InChI is InChI=1S/C22H21N3O4/c1-3-22(28)15-9-17-19-13(10-25(17)20(26)14(15)11-29-21(22)27)18(23-4-2)12-7-5-6-8-16(12)24-19/h5-9,28H,3-4,10-11H2,1-2H3,(H,23,24). The number of fused-ring (bicyclic) bond motifs is 5. The lowest BCUT2D eigenvalue weighted by atomic mass is 9.86. The van der Waals surface area contributed by atoms with Crippen LogP contribution in [0, 0.1) is 0 Å². The molecule has 29 heavy (non-hydrogen) atoms. The summed E-state index contributed by atoms with van der Waals surface area (Å²) < 4.78 is 6.78. The van der Waals surface area contributed by atoms with E-state index >= 15 is 0 Å². The fourth-order valence-electron chi connectivity index (χ4n) is 4.41. The van der Waals surface area contributed by atoms with Gasteiger partial charge in [-0.2, -0.15) is 0 Å². The van der Waals surface area contributed by atoms with E-state index < -0.39 is 11.6 Å². The Morgan fingerprint density at radius 1 is 1.24 bits per heavy atom. The molecule has 0 saturated carbocycles. The third-order valence-electron chi connectivity index (χ3n) is 5.95. The molecule has 0 radical (unpaired) electrons. The number of ether oxygens (including phenoxy) is 1. The van der Waals surface area contributed by atoms with Gasteiger partial charge < -0.3 is 19.7 Å². The average molecular weight is 391 g/mol. The van der Waals surface area contributed by atoms with Gasteiger partial charge in [-0.05, 0) is 25.5 Å². The van der Waals surface area contributed by atoms with Gasteiger partial charge in [0.1, 0.15) is 6.61 Å². The second kappa shape index (κ2) is 6.15. The highest BCUT2D eigenvalue weighted by atomic mass is 16.6. The van der Waals surface area contributed by atoms with Gasteiger partial charge >= 0.3 is 5.97 Å². The molecule has 0 aliphatic carbocycles. The normalized spacial score (nSPS) is 19.5. The summed E-state index contributed by atoms with van der Waals surface area (Å²) in [5.74, 6) is -0.713. The zero-order chi connectivity index (χ0) is 20.3. The molecule has 0 fully saturated rings. The minimum absolute atomic E-state index is 0.124. The second-order valence-electron chi connectivity index (χ2n) is 7.46. The second-order valence-corrected chi connectivity index (χ2v) is 7.46. The number of aliphatic hydroxyl groups is 1. The smallest absolute Gasteiger partial charge is 0.343 e. The average Bonchev–Trinajstić information content (AvgIpc) is 3.10. The lowest BCUT2D eigenvalue weighted by Gasteiger charge is -2.31. The molecule has 148 valence electrons. The number of nitrogens with zero attached hydrogens (tertiary/aromatic N) is 2. The van der Waals surface area contributed by atoms with Gasteiger partial charge in [-0.1, -0.05) is 25.1 Å². The topological polar surface area (TPSA) is 93.5 Å². The number of anilines is 1. The number of nitrogens with one attached hydrogen (secondary N) is 1. The van der Waals surface area contributed by atoms with Crippen LogP contribution in [0.3, 0.4) is 0 Å². The number of pyridine rings is 2. The first-order valence-corrected chi connectivity index (χ1v) is 9.82. The Hall–Kier alpha value is -3.19. The molecule has 5 rings (SSSR count). The van der Waals surface area contributed by atoms with Gasteiger partial charge in [0, 0.05) is 23.1 Å². The number of cyclic esters (lactones) is 1. The summed E-state index contributed by atoms with van der Waals surface area (Å²) in [4.78, 5) is 30.4. The number of carbonyl (C=O) groups is 1. The van der Waals surface area contributed by atoms with Crippen molar-refractivity contribution in [3.8, 4) is 11.4 Å². The predicted octanol–water partition coefficient (Wildman–Crippen LogP) is 2.51. The van der Waals surface area contributed by atoms with Crippen molar-refractivity contribution in [1.29, 1.82) is 0 Å². The van der Waals surface area contributed by atoms with Crippen molar-refractivity contribution in [2.24, 2.45) is 0 Å². The lowest BCUT2D eigenvalue weighted by Crippen LogP contribution is -2.44. The minimum atomic E-state index is -1.81. The highest BCUT2D eigenvalue weighted by Crippen LogP contribution is 2.41. The van der Waals surface area contributed by atoms with Gasteiger partial charge in [0.25, 0.3) is 5.56 Å². The largest absolute Gasteiger partial charge is 0.458 e. The van der Waals surface area contributed by atoms with E-state index in [9.17, 15) is 14.7 Å². The Labute approximate surface area is 167 Å². The first-order chi connectivity index (χ1) is 14.0. The molecule has 0 saturated heterocycles. The fraction of sp³-hybridized carbons (Fsp3) is 0.318. The van der Waals surface area contributed by atoms with E-state index in [0.717, 1.165) is 28.7 Å². The Kier molecular flexibility index (Phi) is 3.79. The van der Waals surface area contributed by atoms with Crippen LogP contribution < -0.4 is 10.9 Å². The minimum Gasteiger partial charge on any atom is -0.458 e. The number of aromatic nitrogens is 2. The Morgan fingerprint density at radius 2 is 2.03 bits per heavy atom. The highest BCUT2D eigenvalue weighted by molar-refractivity contribution is 5.97. The van der Waals surface area contributed by atoms with Crippen molar-refractivity contribution < 1.29 is 14.6 Å². The van der Waals surface area contributed by atoms with Gasteiger partial charge in [-0.15, -0.1) is 0 Å². The van der Waals surface area contributed by atoms with Crippen LogP contribution >= 0.6 is 0 Å². The van der Waals surface area contributed by atoms with Crippen molar-refractivity contribution in [2.45, 2.75) is 39.0 Å². The lowest BCUT2D eigenvalue weighted by molar-refractivity contribution is -0.172. The van der Waals surface area contributed by atoms with E-state index in [1.165, 1.54) is 0 Å². The first kappa shape index (κ1) is 17.9. The van der Waals surface area contributed by atoms with Crippen LogP contribution in [-0.4, -0.2) is 27.2 Å². The maximum absolute atomic E-state index is 13.3. The van der Waals surface area contributed by atoms with Gasteiger partial charge in [0.15, 0.2) is 5.60 Å². The van der Waals surface area contributed by atoms with E-state index in [0.29, 0.717) is 29.1 Å². The molecule has 7 heteroatoms. The van der Waals surface area contributed by atoms with E-state index in [-0.39, 0.29) is 18.6 Å². The van der Waals surface area contributed by atoms with Gasteiger partial charge in [0.05, 0.1) is 34.7 Å². The van der Waals surface area contributed by atoms with Crippen LogP contribution in [0.1, 0.15) is 37.0 Å². The van der Waals surface area contributed by atoms with Crippen molar-refractivity contribution in [3.63, 3.8) is 0 Å². The van der Waals surface area contributed by atoms with Crippen LogP contribution in [0.25, 0.3) is 22.3 Å². The van der Waals surface area contributed by atoms with Crippen LogP contribution in [-0.2, 0) is 28.3 Å². The monoisotopic (exact) mass is 391 g/mol.